The molecular weight excluding hydrogens is 446 g/mol. The van der Waals surface area contributed by atoms with Gasteiger partial charge in [0.05, 0.1) is 19.1 Å². The molecular formula is C23H31N3O4S2. The predicted octanol–water partition coefficient (Wildman–Crippen LogP) is 3.11. The molecule has 0 bridgehead atoms. The summed E-state index contributed by atoms with van der Waals surface area (Å²) in [7, 11) is -1.88. The normalized spacial score (nSPS) is 21.3. The summed E-state index contributed by atoms with van der Waals surface area (Å²) in [5, 5.41) is 4.90. The molecule has 32 heavy (non-hydrogen) atoms. The fourth-order valence-corrected chi connectivity index (χ4v) is 7.26. The van der Waals surface area contributed by atoms with Crippen LogP contribution in [0.2, 0.25) is 0 Å². The molecule has 2 saturated heterocycles. The van der Waals surface area contributed by atoms with Gasteiger partial charge < -0.3 is 10.1 Å². The maximum absolute atomic E-state index is 13.0. The van der Waals surface area contributed by atoms with Gasteiger partial charge in [0, 0.05) is 19.6 Å². The number of nitrogens with zero attached hydrogens (tertiary/aromatic N) is 2. The summed E-state index contributed by atoms with van der Waals surface area (Å²) < 4.78 is 32.8. The van der Waals surface area contributed by atoms with Gasteiger partial charge in [-0.25, -0.2) is 8.42 Å². The SMILES string of the molecule is COc1ccc([C@H](CNC(=O)[C@H]2CCCN(S(=O)(=O)c3cccs3)C2)N2CCCC2)cc1. The van der Waals surface area contributed by atoms with Gasteiger partial charge in [-0.2, -0.15) is 4.31 Å². The second-order valence-corrected chi connectivity index (χ2v) is 11.5. The second-order valence-electron chi connectivity index (χ2n) is 8.41. The van der Waals surface area contributed by atoms with E-state index in [0.717, 1.165) is 24.4 Å². The van der Waals surface area contributed by atoms with Gasteiger partial charge in [-0.15, -0.1) is 11.3 Å². The molecule has 2 atom stereocenters. The van der Waals surface area contributed by atoms with E-state index in [4.69, 9.17) is 4.74 Å². The topological polar surface area (TPSA) is 79.0 Å². The first-order chi connectivity index (χ1) is 15.5. The Balaban J connectivity index is 1.41. The first-order valence-corrected chi connectivity index (χ1v) is 13.5. The van der Waals surface area contributed by atoms with Crippen molar-refractivity contribution in [1.82, 2.24) is 14.5 Å². The molecule has 0 radical (unpaired) electrons. The summed E-state index contributed by atoms with van der Waals surface area (Å²) >= 11 is 1.22. The van der Waals surface area contributed by atoms with Crippen molar-refractivity contribution in [2.45, 2.75) is 35.9 Å². The van der Waals surface area contributed by atoms with Gasteiger partial charge in [-0.3, -0.25) is 9.69 Å². The molecule has 2 fully saturated rings. The number of methoxy groups -OCH3 is 1. The van der Waals surface area contributed by atoms with Gasteiger partial charge in [-0.1, -0.05) is 18.2 Å². The lowest BCUT2D eigenvalue weighted by Crippen LogP contribution is -2.46. The monoisotopic (exact) mass is 477 g/mol. The maximum atomic E-state index is 13.0. The molecule has 1 amide bonds. The van der Waals surface area contributed by atoms with Crippen molar-refractivity contribution in [2.24, 2.45) is 5.92 Å². The number of likely N-dealkylation sites (tertiary alicyclic amines) is 1. The number of nitrogens with one attached hydrogen (secondary N) is 1. The van der Waals surface area contributed by atoms with Crippen LogP contribution in [-0.4, -0.2) is 63.4 Å². The van der Waals surface area contributed by atoms with Crippen LogP contribution in [0.1, 0.15) is 37.3 Å². The molecule has 174 valence electrons. The van der Waals surface area contributed by atoms with Crippen LogP contribution in [0.15, 0.2) is 46.0 Å². The Hall–Kier alpha value is -1.94. The largest absolute Gasteiger partial charge is 0.497 e. The summed E-state index contributed by atoms with van der Waals surface area (Å²) in [6.07, 6.45) is 3.73. The molecule has 2 aromatic rings. The van der Waals surface area contributed by atoms with E-state index in [0.29, 0.717) is 30.1 Å². The van der Waals surface area contributed by atoms with Crippen LogP contribution < -0.4 is 10.1 Å². The van der Waals surface area contributed by atoms with Gasteiger partial charge >= 0.3 is 0 Å². The number of thiophene rings is 1. The maximum Gasteiger partial charge on any atom is 0.252 e. The van der Waals surface area contributed by atoms with E-state index in [9.17, 15) is 13.2 Å². The van der Waals surface area contributed by atoms with Crippen molar-refractivity contribution >= 4 is 27.3 Å². The lowest BCUT2D eigenvalue weighted by Gasteiger charge is -2.32. The number of benzene rings is 1. The zero-order chi connectivity index (χ0) is 22.6. The van der Waals surface area contributed by atoms with Crippen molar-refractivity contribution in [3.05, 3.63) is 47.3 Å². The quantitative estimate of drug-likeness (QED) is 0.632. The fourth-order valence-electron chi connectivity index (χ4n) is 4.59. The van der Waals surface area contributed by atoms with Crippen molar-refractivity contribution in [2.75, 3.05) is 39.8 Å². The number of carbonyl (C=O) groups is 1. The number of sulfonamides is 1. The van der Waals surface area contributed by atoms with E-state index >= 15 is 0 Å². The third-order valence-corrected chi connectivity index (χ3v) is 9.63. The minimum Gasteiger partial charge on any atom is -0.497 e. The summed E-state index contributed by atoms with van der Waals surface area (Å²) in [6, 6.07) is 11.5. The molecule has 1 N–H and O–H groups in total. The zero-order valence-corrected chi connectivity index (χ0v) is 20.0. The number of ether oxygens (including phenoxy) is 1. The van der Waals surface area contributed by atoms with E-state index in [-0.39, 0.29) is 24.4 Å². The Morgan fingerprint density at radius 1 is 1.16 bits per heavy atom. The Labute approximate surface area is 194 Å². The molecule has 7 nitrogen and oxygen atoms in total. The number of amides is 1. The molecule has 0 saturated carbocycles. The number of piperidine rings is 1. The number of carbonyl (C=O) groups excluding carboxylic acids is 1. The predicted molar refractivity (Wildman–Crippen MR) is 125 cm³/mol. The van der Waals surface area contributed by atoms with Crippen LogP contribution in [0.4, 0.5) is 0 Å². The third-order valence-electron chi connectivity index (χ3n) is 6.40. The molecule has 1 aromatic carbocycles. The first kappa shape index (κ1) is 23.2. The molecule has 2 aliphatic rings. The van der Waals surface area contributed by atoms with Crippen molar-refractivity contribution in [3.8, 4) is 5.75 Å². The fraction of sp³-hybridized carbons (Fsp3) is 0.522. The van der Waals surface area contributed by atoms with Crippen LogP contribution in [0.3, 0.4) is 0 Å². The minimum absolute atomic E-state index is 0.0613. The lowest BCUT2D eigenvalue weighted by molar-refractivity contribution is -0.126. The van der Waals surface area contributed by atoms with Crippen molar-refractivity contribution in [1.29, 1.82) is 0 Å². The average molecular weight is 478 g/mol. The van der Waals surface area contributed by atoms with E-state index in [1.165, 1.54) is 28.5 Å². The second kappa shape index (κ2) is 10.3. The van der Waals surface area contributed by atoms with E-state index in [2.05, 4.69) is 22.3 Å². The molecule has 2 aliphatic heterocycles. The summed E-state index contributed by atoms with van der Waals surface area (Å²) in [4.78, 5) is 15.5. The van der Waals surface area contributed by atoms with Gasteiger partial charge in [0.15, 0.2) is 0 Å². The van der Waals surface area contributed by atoms with Crippen LogP contribution >= 0.6 is 11.3 Å². The van der Waals surface area contributed by atoms with Crippen LogP contribution in [-0.2, 0) is 14.8 Å². The highest BCUT2D eigenvalue weighted by atomic mass is 32.2. The van der Waals surface area contributed by atoms with Crippen LogP contribution in [0, 0.1) is 5.92 Å². The Bertz CT molecular complexity index is 987. The molecule has 0 aliphatic carbocycles. The van der Waals surface area contributed by atoms with Crippen LogP contribution in [0.5, 0.6) is 5.75 Å². The zero-order valence-electron chi connectivity index (χ0n) is 18.4. The molecule has 9 heteroatoms. The summed E-state index contributed by atoms with van der Waals surface area (Å²) in [5.41, 5.74) is 1.15. The molecule has 4 rings (SSSR count). The molecule has 0 unspecified atom stereocenters. The summed E-state index contributed by atoms with van der Waals surface area (Å²) in [5.74, 6) is 0.426. The van der Waals surface area contributed by atoms with Gasteiger partial charge in [0.25, 0.3) is 10.0 Å². The molecule has 0 spiro atoms. The average Bonchev–Trinajstić information content (AvgIpc) is 3.55. The van der Waals surface area contributed by atoms with Gasteiger partial charge in [0.2, 0.25) is 5.91 Å². The number of hydrogen-bond donors (Lipinski definition) is 1. The third kappa shape index (κ3) is 5.17. The Kier molecular flexibility index (Phi) is 7.50. The molecule has 3 heterocycles. The minimum atomic E-state index is -3.53. The smallest absolute Gasteiger partial charge is 0.252 e. The Morgan fingerprint density at radius 3 is 2.56 bits per heavy atom. The van der Waals surface area contributed by atoms with E-state index < -0.39 is 10.0 Å². The molecule has 1 aromatic heterocycles. The Morgan fingerprint density at radius 2 is 1.91 bits per heavy atom. The standard InChI is InChI=1S/C23H31N3O4S2/c1-30-20-10-8-18(9-11-20)21(25-12-2-3-13-25)16-24-23(27)19-6-4-14-26(17-19)32(28,29)22-7-5-15-31-22/h5,7-11,15,19,21H,2-4,6,12-14,16-17H2,1H3,(H,24,27)/t19-,21-/m0/s1. The van der Waals surface area contributed by atoms with E-state index in [1.807, 2.05) is 12.1 Å². The summed E-state index contributed by atoms with van der Waals surface area (Å²) in [6.45, 7) is 3.25. The lowest BCUT2D eigenvalue weighted by atomic mass is 9.98. The highest BCUT2D eigenvalue weighted by molar-refractivity contribution is 7.91. The van der Waals surface area contributed by atoms with Crippen molar-refractivity contribution < 1.29 is 17.9 Å². The highest BCUT2D eigenvalue weighted by Gasteiger charge is 2.34. The van der Waals surface area contributed by atoms with Crippen molar-refractivity contribution in [3.63, 3.8) is 0 Å². The number of hydrogen-bond acceptors (Lipinski definition) is 6. The number of rotatable bonds is 8. The first-order valence-electron chi connectivity index (χ1n) is 11.2. The van der Waals surface area contributed by atoms with Crippen LogP contribution in [0.25, 0.3) is 0 Å². The van der Waals surface area contributed by atoms with E-state index in [1.54, 1.807) is 24.6 Å². The van der Waals surface area contributed by atoms with Gasteiger partial charge in [0.1, 0.15) is 9.96 Å². The van der Waals surface area contributed by atoms with Gasteiger partial charge in [-0.05, 0) is 67.9 Å². The highest BCUT2D eigenvalue weighted by Crippen LogP contribution is 2.28.